The molecular formula is C32H36N2O5. The topological polar surface area (TPSA) is 92.8 Å². The van der Waals surface area contributed by atoms with Crippen LogP contribution in [-0.2, 0) is 10.2 Å². The second-order valence-corrected chi connectivity index (χ2v) is 11.5. The first-order valence-corrected chi connectivity index (χ1v) is 12.8. The van der Waals surface area contributed by atoms with Crippen molar-refractivity contribution in [2.24, 2.45) is 0 Å². The molecule has 0 aliphatic carbocycles. The molecule has 0 saturated carbocycles. The Hall–Kier alpha value is -4.26. The highest BCUT2D eigenvalue weighted by Gasteiger charge is 2.42. The fourth-order valence-corrected chi connectivity index (χ4v) is 4.23. The first-order chi connectivity index (χ1) is 18.1. The van der Waals surface area contributed by atoms with Crippen molar-refractivity contribution in [3.05, 3.63) is 88.5 Å². The molecule has 4 rings (SSSR count). The molecule has 0 spiro atoms. The van der Waals surface area contributed by atoms with Gasteiger partial charge in [-0.05, 0) is 99.7 Å². The van der Waals surface area contributed by atoms with Gasteiger partial charge in [0.25, 0.3) is 11.8 Å². The van der Waals surface area contributed by atoms with Gasteiger partial charge in [0.1, 0.15) is 11.5 Å². The number of carbonyl (C=O) groups excluding carboxylic acids is 4. The molecule has 1 N–H and O–H groups in total. The summed E-state index contributed by atoms with van der Waals surface area (Å²) in [5, 5.41) is 2.59. The maximum absolute atomic E-state index is 12.3. The van der Waals surface area contributed by atoms with Crippen LogP contribution in [0.2, 0.25) is 0 Å². The molecular weight excluding hydrogens is 492 g/mol. The molecule has 1 aliphatic rings. The van der Waals surface area contributed by atoms with Crippen molar-refractivity contribution in [2.75, 3.05) is 5.32 Å². The van der Waals surface area contributed by atoms with Crippen LogP contribution in [0, 0.1) is 6.92 Å². The number of nitrogens with zero attached hydrogens (tertiary/aromatic N) is 1. The second-order valence-electron chi connectivity index (χ2n) is 11.5. The lowest BCUT2D eigenvalue weighted by Crippen LogP contribution is -2.45. The van der Waals surface area contributed by atoms with E-state index in [0.29, 0.717) is 23.1 Å². The summed E-state index contributed by atoms with van der Waals surface area (Å²) in [6, 6.07) is 18.5. The van der Waals surface area contributed by atoms with Crippen molar-refractivity contribution in [3.8, 4) is 11.5 Å². The van der Waals surface area contributed by atoms with Gasteiger partial charge in [-0.1, -0.05) is 32.9 Å². The van der Waals surface area contributed by atoms with E-state index in [1.165, 1.54) is 17.4 Å². The van der Waals surface area contributed by atoms with E-state index in [1.807, 2.05) is 45.0 Å². The number of hydrogen-bond donors (Lipinski definition) is 1. The molecule has 0 atom stereocenters. The van der Waals surface area contributed by atoms with Crippen LogP contribution < -0.4 is 10.1 Å². The third kappa shape index (κ3) is 6.79. The minimum atomic E-state index is -0.572. The van der Waals surface area contributed by atoms with E-state index in [2.05, 4.69) is 38.2 Å². The molecule has 39 heavy (non-hydrogen) atoms. The number of carbonyl (C=O) groups is 4. The first-order valence-electron chi connectivity index (χ1n) is 12.8. The van der Waals surface area contributed by atoms with Gasteiger partial charge in [0.05, 0.1) is 11.1 Å². The number of rotatable bonds is 5. The SMILES string of the molecule is CC(=O)c1cc2c(cc1C)C(=O)N(C(C)(C)C)C2=O.CC(C)(C)c1ccc(Oc2ccc(NC=O)cc2)cc1. The van der Waals surface area contributed by atoms with Crippen molar-refractivity contribution in [1.82, 2.24) is 4.90 Å². The highest BCUT2D eigenvalue weighted by atomic mass is 16.5. The highest BCUT2D eigenvalue weighted by Crippen LogP contribution is 2.31. The molecule has 204 valence electrons. The number of anilines is 1. The third-order valence-electron chi connectivity index (χ3n) is 6.32. The number of ketones is 1. The number of ether oxygens (including phenoxy) is 1. The van der Waals surface area contributed by atoms with Crippen molar-refractivity contribution in [3.63, 3.8) is 0 Å². The van der Waals surface area contributed by atoms with Gasteiger partial charge in [-0.2, -0.15) is 0 Å². The van der Waals surface area contributed by atoms with E-state index in [0.717, 1.165) is 22.7 Å². The molecule has 7 heteroatoms. The van der Waals surface area contributed by atoms with Crippen molar-refractivity contribution >= 4 is 29.7 Å². The number of aryl methyl sites for hydroxylation is 1. The lowest BCUT2D eigenvalue weighted by atomic mass is 9.87. The molecule has 0 unspecified atom stereocenters. The minimum Gasteiger partial charge on any atom is -0.457 e. The Labute approximate surface area is 230 Å². The summed E-state index contributed by atoms with van der Waals surface area (Å²) < 4.78 is 5.76. The molecule has 0 radical (unpaired) electrons. The monoisotopic (exact) mass is 528 g/mol. The number of benzene rings is 3. The van der Waals surface area contributed by atoms with Gasteiger partial charge < -0.3 is 10.1 Å². The summed E-state index contributed by atoms with van der Waals surface area (Å²) in [4.78, 5) is 47.7. The van der Waals surface area contributed by atoms with Crippen LogP contribution in [0.5, 0.6) is 11.5 Å². The normalized spacial score (nSPS) is 12.9. The molecule has 0 saturated heterocycles. The number of nitrogens with one attached hydrogen (secondary N) is 1. The third-order valence-corrected chi connectivity index (χ3v) is 6.32. The summed E-state index contributed by atoms with van der Waals surface area (Å²) >= 11 is 0. The zero-order chi connectivity index (χ0) is 29.1. The molecule has 0 fully saturated rings. The first kappa shape index (κ1) is 29.3. The average molecular weight is 529 g/mol. The van der Waals surface area contributed by atoms with Crippen molar-refractivity contribution in [1.29, 1.82) is 0 Å². The summed E-state index contributed by atoms with van der Waals surface area (Å²) in [5.74, 6) is 0.828. The fraction of sp³-hybridized carbons (Fsp3) is 0.312. The lowest BCUT2D eigenvalue weighted by Gasteiger charge is -2.29. The van der Waals surface area contributed by atoms with Crippen molar-refractivity contribution in [2.45, 2.75) is 66.3 Å². The number of Topliss-reactive ketones (excluding diaryl/α,β-unsaturated/α-hetero) is 1. The molecule has 7 nitrogen and oxygen atoms in total. The van der Waals surface area contributed by atoms with Crippen LogP contribution in [0.15, 0.2) is 60.7 Å². The van der Waals surface area contributed by atoms with Crippen LogP contribution in [0.3, 0.4) is 0 Å². The largest absolute Gasteiger partial charge is 0.457 e. The Morgan fingerprint density at radius 3 is 1.74 bits per heavy atom. The number of hydrogen-bond acceptors (Lipinski definition) is 5. The maximum atomic E-state index is 12.3. The molecule has 3 aromatic carbocycles. The minimum absolute atomic E-state index is 0.102. The molecule has 0 aromatic heterocycles. The van der Waals surface area contributed by atoms with Gasteiger partial charge >= 0.3 is 0 Å². The van der Waals surface area contributed by atoms with Crippen LogP contribution in [0.1, 0.15) is 90.7 Å². The number of amides is 3. The molecule has 0 bridgehead atoms. The molecule has 3 aromatic rings. The van der Waals surface area contributed by atoms with E-state index < -0.39 is 5.54 Å². The van der Waals surface area contributed by atoms with E-state index in [-0.39, 0.29) is 23.0 Å². The van der Waals surface area contributed by atoms with Gasteiger partial charge in [-0.15, -0.1) is 0 Å². The van der Waals surface area contributed by atoms with Gasteiger partial charge in [0.2, 0.25) is 6.41 Å². The van der Waals surface area contributed by atoms with Gasteiger partial charge in [0, 0.05) is 16.8 Å². The van der Waals surface area contributed by atoms with Gasteiger partial charge in [0.15, 0.2) is 5.78 Å². The maximum Gasteiger partial charge on any atom is 0.262 e. The predicted octanol–water partition coefficient (Wildman–Crippen LogP) is 6.94. The Morgan fingerprint density at radius 2 is 1.31 bits per heavy atom. The van der Waals surface area contributed by atoms with Crippen LogP contribution in [-0.4, -0.2) is 34.4 Å². The zero-order valence-corrected chi connectivity index (χ0v) is 23.8. The van der Waals surface area contributed by atoms with Crippen LogP contribution in [0.25, 0.3) is 0 Å². The van der Waals surface area contributed by atoms with E-state index >= 15 is 0 Å². The predicted molar refractivity (Wildman–Crippen MR) is 153 cm³/mol. The Balaban J connectivity index is 0.000000216. The summed E-state index contributed by atoms with van der Waals surface area (Å²) in [7, 11) is 0. The van der Waals surface area contributed by atoms with Crippen LogP contribution >= 0.6 is 0 Å². The highest BCUT2D eigenvalue weighted by molar-refractivity contribution is 6.22. The standard InChI is InChI=1S/C17H19NO2.C15H17NO3/c1-17(2,3)13-4-8-15(9-5-13)20-16-10-6-14(7-11-16)18-12-19;1-8-6-11-12(7-10(8)9(2)17)14(19)16(13(11)18)15(3,4)5/h4-12H,1-3H3,(H,18,19);6-7H,1-5H3. The quantitative estimate of drug-likeness (QED) is 0.220. The lowest BCUT2D eigenvalue weighted by molar-refractivity contribution is -0.105. The van der Waals surface area contributed by atoms with Crippen LogP contribution in [0.4, 0.5) is 5.69 Å². The van der Waals surface area contributed by atoms with Gasteiger partial charge in [-0.25, -0.2) is 0 Å². The van der Waals surface area contributed by atoms with E-state index in [9.17, 15) is 19.2 Å². The van der Waals surface area contributed by atoms with Crippen molar-refractivity contribution < 1.29 is 23.9 Å². The second kappa shape index (κ2) is 11.2. The molecule has 3 amide bonds. The number of imide groups is 1. The summed E-state index contributed by atoms with van der Waals surface area (Å²) in [6.45, 7) is 15.2. The van der Waals surface area contributed by atoms with E-state index in [4.69, 9.17) is 4.74 Å². The number of fused-ring (bicyclic) bond motifs is 1. The average Bonchev–Trinajstić information content (AvgIpc) is 3.09. The van der Waals surface area contributed by atoms with E-state index in [1.54, 1.807) is 31.2 Å². The molecule has 1 heterocycles. The Morgan fingerprint density at radius 1 is 0.821 bits per heavy atom. The van der Waals surface area contributed by atoms with Gasteiger partial charge in [-0.3, -0.25) is 24.1 Å². The summed E-state index contributed by atoms with van der Waals surface area (Å²) in [6.07, 6.45) is 0.654. The smallest absolute Gasteiger partial charge is 0.262 e. The molecule has 1 aliphatic heterocycles. The fourth-order valence-electron chi connectivity index (χ4n) is 4.23. The summed E-state index contributed by atoms with van der Waals surface area (Å²) in [5.41, 5.74) is 3.53. The zero-order valence-electron chi connectivity index (χ0n) is 23.8. The Bertz CT molecular complexity index is 1390. The Kier molecular flexibility index (Phi) is 8.44.